The molecule has 2 amide bonds. The lowest BCUT2D eigenvalue weighted by atomic mass is 9.92. The van der Waals surface area contributed by atoms with Crippen LogP contribution in [-0.4, -0.2) is 25.3 Å². The molecular weight excluding hydrogens is 404 g/mol. The van der Waals surface area contributed by atoms with Crippen molar-refractivity contribution in [3.05, 3.63) is 86.6 Å². The molecule has 6 heteroatoms. The maximum absolute atomic E-state index is 12.3. The van der Waals surface area contributed by atoms with E-state index in [1.165, 1.54) is 0 Å². The molecule has 0 aliphatic rings. The van der Waals surface area contributed by atoms with Crippen molar-refractivity contribution >= 4 is 33.7 Å². The van der Waals surface area contributed by atoms with Gasteiger partial charge in [-0.2, -0.15) is 0 Å². The van der Waals surface area contributed by atoms with Crippen molar-refractivity contribution < 1.29 is 19.1 Å². The molecule has 4 aromatic carbocycles. The van der Waals surface area contributed by atoms with Gasteiger partial charge < -0.3 is 20.1 Å². The minimum Gasteiger partial charge on any atom is -0.410 e. The molecule has 0 fully saturated rings. The van der Waals surface area contributed by atoms with Crippen LogP contribution in [0.15, 0.2) is 72.8 Å². The number of nitrogens with one attached hydrogen (secondary N) is 2. The highest BCUT2D eigenvalue weighted by Crippen LogP contribution is 2.45. The molecule has 0 spiro atoms. The Labute approximate surface area is 186 Å². The van der Waals surface area contributed by atoms with E-state index in [0.717, 1.165) is 21.5 Å². The van der Waals surface area contributed by atoms with Crippen LogP contribution in [0.25, 0.3) is 32.7 Å². The number of hydrogen-bond acceptors (Lipinski definition) is 4. The van der Waals surface area contributed by atoms with Crippen LogP contribution in [0.5, 0.6) is 11.5 Å². The van der Waals surface area contributed by atoms with Gasteiger partial charge in [0.2, 0.25) is 0 Å². The molecule has 160 valence electrons. The zero-order valence-corrected chi connectivity index (χ0v) is 17.4. The van der Waals surface area contributed by atoms with E-state index in [0.29, 0.717) is 22.6 Å². The van der Waals surface area contributed by atoms with Gasteiger partial charge in [-0.3, -0.25) is 0 Å². The number of ether oxygens (including phenoxy) is 2. The maximum atomic E-state index is 12.3. The van der Waals surface area contributed by atoms with E-state index in [-0.39, 0.29) is 13.1 Å². The summed E-state index contributed by atoms with van der Waals surface area (Å²) in [5.74, 6) is 0.682. The van der Waals surface area contributed by atoms with Gasteiger partial charge in [0.05, 0.1) is 0 Å². The first-order valence-corrected chi connectivity index (χ1v) is 10.2. The normalized spacial score (nSPS) is 10.7. The minimum atomic E-state index is -0.617. The van der Waals surface area contributed by atoms with Crippen molar-refractivity contribution in [2.75, 3.05) is 13.1 Å². The summed E-state index contributed by atoms with van der Waals surface area (Å²) in [5.41, 5.74) is 1.30. The van der Waals surface area contributed by atoms with Gasteiger partial charge >= 0.3 is 12.2 Å². The standard InChI is InChI=1S/C26H22N2O4/c1-3-27-25(29)31-21-15-13-17-9-5-7-11-19(17)23(21)24-20-12-8-6-10-18(20)14-16-22(24)32-26(30)28-4-2/h5-16H,1-4H2,(H,27,29)(H,28,30). The van der Waals surface area contributed by atoms with E-state index in [2.05, 4.69) is 24.5 Å². The summed E-state index contributed by atoms with van der Waals surface area (Å²) in [5, 5.41) is 8.70. The van der Waals surface area contributed by atoms with E-state index < -0.39 is 12.2 Å². The van der Waals surface area contributed by atoms with Crippen molar-refractivity contribution in [1.82, 2.24) is 10.6 Å². The van der Waals surface area contributed by atoms with Crippen LogP contribution in [0.1, 0.15) is 0 Å². The molecule has 0 aliphatic carbocycles. The number of carbonyl (C=O) groups is 2. The minimum absolute atomic E-state index is 0.190. The highest BCUT2D eigenvalue weighted by atomic mass is 16.6. The Bertz CT molecular complexity index is 1200. The van der Waals surface area contributed by atoms with E-state index in [1.807, 2.05) is 60.7 Å². The zero-order valence-electron chi connectivity index (χ0n) is 17.4. The molecule has 0 heterocycles. The quantitative estimate of drug-likeness (QED) is 0.441. The Hall–Kier alpha value is -4.06. The van der Waals surface area contributed by atoms with Gasteiger partial charge in [0, 0.05) is 24.2 Å². The van der Waals surface area contributed by atoms with Crippen molar-refractivity contribution in [2.45, 2.75) is 0 Å². The third-order valence-corrected chi connectivity index (χ3v) is 4.98. The lowest BCUT2D eigenvalue weighted by Gasteiger charge is -2.18. The predicted molar refractivity (Wildman–Crippen MR) is 126 cm³/mol. The van der Waals surface area contributed by atoms with Crippen molar-refractivity contribution in [2.24, 2.45) is 0 Å². The first-order valence-electron chi connectivity index (χ1n) is 10.2. The fourth-order valence-electron chi connectivity index (χ4n) is 3.66. The lowest BCUT2D eigenvalue weighted by molar-refractivity contribution is 0.200. The largest absolute Gasteiger partial charge is 0.412 e. The van der Waals surface area contributed by atoms with Crippen LogP contribution in [0.4, 0.5) is 9.59 Å². The van der Waals surface area contributed by atoms with Crippen LogP contribution in [0.3, 0.4) is 0 Å². The van der Waals surface area contributed by atoms with Gasteiger partial charge in [-0.05, 0) is 47.5 Å². The fraction of sp³-hybridized carbons (Fsp3) is 0.0769. The summed E-state index contributed by atoms with van der Waals surface area (Å²) in [4.78, 5) is 24.5. The Kier molecular flexibility index (Phi) is 6.22. The summed E-state index contributed by atoms with van der Waals surface area (Å²) >= 11 is 0. The van der Waals surface area contributed by atoms with Gasteiger partial charge in [-0.1, -0.05) is 60.7 Å². The van der Waals surface area contributed by atoms with Crippen LogP contribution >= 0.6 is 0 Å². The van der Waals surface area contributed by atoms with Crippen molar-refractivity contribution in [1.29, 1.82) is 0 Å². The third-order valence-electron chi connectivity index (χ3n) is 4.98. The van der Waals surface area contributed by atoms with Crippen LogP contribution in [0, 0.1) is 13.8 Å². The topological polar surface area (TPSA) is 76.7 Å². The first kappa shape index (κ1) is 21.2. The number of fused-ring (bicyclic) bond motifs is 2. The third kappa shape index (κ3) is 4.21. The van der Waals surface area contributed by atoms with Crippen molar-refractivity contribution in [3.63, 3.8) is 0 Å². The second-order valence-corrected chi connectivity index (χ2v) is 6.95. The molecule has 0 saturated heterocycles. The molecule has 4 aromatic rings. The molecule has 6 nitrogen and oxygen atoms in total. The van der Waals surface area contributed by atoms with Crippen molar-refractivity contribution in [3.8, 4) is 22.6 Å². The van der Waals surface area contributed by atoms with Gasteiger partial charge in [0.25, 0.3) is 0 Å². The molecular formula is C26H22N2O4. The Morgan fingerprint density at radius 2 is 1.03 bits per heavy atom. The summed E-state index contributed by atoms with van der Waals surface area (Å²) < 4.78 is 11.3. The zero-order chi connectivity index (χ0) is 22.5. The lowest BCUT2D eigenvalue weighted by Crippen LogP contribution is -2.27. The summed E-state index contributed by atoms with van der Waals surface area (Å²) in [7, 11) is 0. The molecule has 0 aromatic heterocycles. The molecule has 0 unspecified atom stereocenters. The molecule has 0 bridgehead atoms. The van der Waals surface area contributed by atoms with Crippen LogP contribution < -0.4 is 20.1 Å². The van der Waals surface area contributed by atoms with E-state index >= 15 is 0 Å². The molecule has 32 heavy (non-hydrogen) atoms. The molecule has 0 saturated carbocycles. The second kappa shape index (κ2) is 9.39. The fourth-order valence-corrected chi connectivity index (χ4v) is 3.66. The van der Waals surface area contributed by atoms with Crippen LogP contribution in [-0.2, 0) is 0 Å². The van der Waals surface area contributed by atoms with Gasteiger partial charge in [0.1, 0.15) is 11.5 Å². The average Bonchev–Trinajstić information content (AvgIpc) is 2.79. The monoisotopic (exact) mass is 426 g/mol. The Balaban J connectivity index is 2.03. The SMILES string of the molecule is [CH2]CNC(=O)Oc1ccc2ccccc2c1-c1c(OC(=O)NC[CH2])ccc2ccccc12. The summed E-state index contributed by atoms with van der Waals surface area (Å²) in [6.45, 7) is 7.62. The van der Waals surface area contributed by atoms with Gasteiger partial charge in [0.15, 0.2) is 0 Å². The Morgan fingerprint density at radius 1 is 0.625 bits per heavy atom. The smallest absolute Gasteiger partial charge is 0.410 e. The van der Waals surface area contributed by atoms with E-state index in [9.17, 15) is 9.59 Å². The summed E-state index contributed by atoms with van der Waals surface area (Å²) in [6.07, 6.45) is -1.23. The number of carbonyl (C=O) groups excluding carboxylic acids is 2. The average molecular weight is 426 g/mol. The molecule has 2 N–H and O–H groups in total. The number of amides is 2. The number of hydrogen-bond donors (Lipinski definition) is 2. The predicted octanol–water partition coefficient (Wildman–Crippen LogP) is 5.50. The van der Waals surface area contributed by atoms with Gasteiger partial charge in [-0.25, -0.2) is 9.59 Å². The van der Waals surface area contributed by atoms with Crippen LogP contribution in [0.2, 0.25) is 0 Å². The van der Waals surface area contributed by atoms with Gasteiger partial charge in [-0.15, -0.1) is 0 Å². The van der Waals surface area contributed by atoms with E-state index in [4.69, 9.17) is 9.47 Å². The highest BCUT2D eigenvalue weighted by Gasteiger charge is 2.21. The number of rotatable bonds is 5. The maximum Gasteiger partial charge on any atom is 0.412 e. The first-order chi connectivity index (χ1) is 15.6. The molecule has 2 radical (unpaired) electrons. The van der Waals surface area contributed by atoms with E-state index in [1.54, 1.807) is 12.1 Å². The second-order valence-electron chi connectivity index (χ2n) is 6.95. The number of benzene rings is 4. The molecule has 0 atom stereocenters. The highest BCUT2D eigenvalue weighted by molar-refractivity contribution is 6.10. The molecule has 0 aliphatic heterocycles. The summed E-state index contributed by atoms with van der Waals surface area (Å²) in [6, 6.07) is 22.8. The Morgan fingerprint density at radius 3 is 1.44 bits per heavy atom. The molecule has 4 rings (SSSR count).